The Kier molecular flexibility index (Phi) is 5.54. The third-order valence-corrected chi connectivity index (χ3v) is 5.15. The van der Waals surface area contributed by atoms with Crippen LogP contribution in [0.5, 0.6) is 0 Å². The first-order valence-electron chi connectivity index (χ1n) is 9.72. The van der Waals surface area contributed by atoms with Crippen LogP contribution in [0.15, 0.2) is 71.5 Å². The van der Waals surface area contributed by atoms with Crippen molar-refractivity contribution in [2.45, 2.75) is 32.0 Å². The minimum Gasteiger partial charge on any atom is -0.467 e. The lowest BCUT2D eigenvalue weighted by atomic mass is 9.91. The Morgan fingerprint density at radius 2 is 1.97 bits per heavy atom. The van der Waals surface area contributed by atoms with Crippen LogP contribution < -0.4 is 5.32 Å². The molecule has 0 radical (unpaired) electrons. The summed E-state index contributed by atoms with van der Waals surface area (Å²) in [4.78, 5) is 17.1. The second-order valence-corrected chi connectivity index (χ2v) is 7.28. The molecule has 1 aromatic carbocycles. The summed E-state index contributed by atoms with van der Waals surface area (Å²) in [5.74, 6) is -0.327. The second-order valence-electron chi connectivity index (χ2n) is 7.28. The van der Waals surface area contributed by atoms with Gasteiger partial charge in [0, 0.05) is 24.2 Å². The standard InChI is InChI=1S/C23H20F3N3O2/c1-15-5-2-9-21-27-14-20(29(15)21)19(12-22(30)28-13-18-8-4-10-31-18)16-6-3-7-17(11-16)23(24,25)26/h2-11,14,19H,12-13H2,1H3,(H,28,30). The van der Waals surface area contributed by atoms with Gasteiger partial charge in [0.2, 0.25) is 5.91 Å². The van der Waals surface area contributed by atoms with E-state index in [-0.39, 0.29) is 18.9 Å². The highest BCUT2D eigenvalue weighted by atomic mass is 19.4. The van der Waals surface area contributed by atoms with Gasteiger partial charge in [-0.05, 0) is 42.8 Å². The van der Waals surface area contributed by atoms with E-state index in [1.807, 2.05) is 29.5 Å². The van der Waals surface area contributed by atoms with Crippen molar-refractivity contribution in [3.05, 3.63) is 95.3 Å². The molecule has 0 bridgehead atoms. The molecule has 160 valence electrons. The van der Waals surface area contributed by atoms with Crippen molar-refractivity contribution in [2.75, 3.05) is 0 Å². The van der Waals surface area contributed by atoms with Gasteiger partial charge in [-0.15, -0.1) is 0 Å². The highest BCUT2D eigenvalue weighted by molar-refractivity contribution is 5.77. The van der Waals surface area contributed by atoms with E-state index in [1.54, 1.807) is 24.4 Å². The number of benzene rings is 1. The Hall–Kier alpha value is -3.55. The van der Waals surface area contributed by atoms with Crippen LogP contribution in [-0.2, 0) is 17.5 Å². The van der Waals surface area contributed by atoms with Gasteiger partial charge in [-0.3, -0.25) is 4.79 Å². The van der Waals surface area contributed by atoms with Gasteiger partial charge in [0.1, 0.15) is 11.4 Å². The molecule has 1 atom stereocenters. The van der Waals surface area contributed by atoms with Crippen LogP contribution in [0.3, 0.4) is 0 Å². The normalized spacial score (nSPS) is 12.8. The SMILES string of the molecule is Cc1cccc2ncc(C(CC(=O)NCc3ccco3)c3cccc(C(F)(F)F)c3)n12. The van der Waals surface area contributed by atoms with Crippen LogP contribution in [-0.4, -0.2) is 15.3 Å². The van der Waals surface area contributed by atoms with E-state index < -0.39 is 17.7 Å². The van der Waals surface area contributed by atoms with E-state index in [9.17, 15) is 18.0 Å². The number of amides is 1. The topological polar surface area (TPSA) is 59.5 Å². The van der Waals surface area contributed by atoms with Crippen LogP contribution in [0.25, 0.3) is 5.65 Å². The molecule has 1 amide bonds. The first-order valence-corrected chi connectivity index (χ1v) is 9.72. The highest BCUT2D eigenvalue weighted by Crippen LogP contribution is 2.34. The number of imidazole rings is 1. The minimum absolute atomic E-state index is 0.0376. The first-order chi connectivity index (χ1) is 14.8. The molecule has 0 aliphatic carbocycles. The molecule has 0 fully saturated rings. The van der Waals surface area contributed by atoms with Crippen LogP contribution in [0.1, 0.15) is 40.6 Å². The zero-order chi connectivity index (χ0) is 22.0. The highest BCUT2D eigenvalue weighted by Gasteiger charge is 2.32. The zero-order valence-corrected chi connectivity index (χ0v) is 16.7. The maximum Gasteiger partial charge on any atom is 0.416 e. The Bertz CT molecular complexity index is 1200. The van der Waals surface area contributed by atoms with Crippen LogP contribution >= 0.6 is 0 Å². The van der Waals surface area contributed by atoms with Crippen LogP contribution in [0.2, 0.25) is 0 Å². The monoisotopic (exact) mass is 427 g/mol. The fourth-order valence-corrected chi connectivity index (χ4v) is 3.66. The van der Waals surface area contributed by atoms with E-state index in [0.29, 0.717) is 22.7 Å². The van der Waals surface area contributed by atoms with Gasteiger partial charge in [-0.1, -0.05) is 24.3 Å². The molecule has 1 N–H and O–H groups in total. The fourth-order valence-electron chi connectivity index (χ4n) is 3.66. The Labute approximate surface area is 176 Å². The number of pyridine rings is 1. The van der Waals surface area contributed by atoms with Crippen molar-refractivity contribution in [2.24, 2.45) is 0 Å². The Morgan fingerprint density at radius 1 is 1.16 bits per heavy atom. The maximum atomic E-state index is 13.3. The van der Waals surface area contributed by atoms with E-state index >= 15 is 0 Å². The number of rotatable bonds is 6. The molecule has 3 heterocycles. The molecule has 5 nitrogen and oxygen atoms in total. The van der Waals surface area contributed by atoms with Gasteiger partial charge < -0.3 is 14.1 Å². The number of alkyl halides is 3. The smallest absolute Gasteiger partial charge is 0.416 e. The number of furan rings is 1. The molecule has 4 aromatic rings. The number of aromatic nitrogens is 2. The maximum absolute atomic E-state index is 13.3. The summed E-state index contributed by atoms with van der Waals surface area (Å²) in [5, 5.41) is 2.77. The molecule has 8 heteroatoms. The summed E-state index contributed by atoms with van der Waals surface area (Å²) in [6.07, 6.45) is -1.39. The molecule has 0 saturated carbocycles. The van der Waals surface area contributed by atoms with E-state index in [0.717, 1.165) is 17.8 Å². The molecule has 0 aliphatic rings. The number of carbonyl (C=O) groups is 1. The summed E-state index contributed by atoms with van der Waals surface area (Å²) in [6.45, 7) is 2.09. The second kappa shape index (κ2) is 8.29. The van der Waals surface area contributed by atoms with Crippen molar-refractivity contribution >= 4 is 11.6 Å². The summed E-state index contributed by atoms with van der Waals surface area (Å²) < 4.78 is 47.1. The summed E-state index contributed by atoms with van der Waals surface area (Å²) in [7, 11) is 0. The van der Waals surface area contributed by atoms with Crippen LogP contribution in [0, 0.1) is 6.92 Å². The van der Waals surface area contributed by atoms with E-state index in [2.05, 4.69) is 10.3 Å². The van der Waals surface area contributed by atoms with Crippen molar-refractivity contribution in [1.29, 1.82) is 0 Å². The van der Waals surface area contributed by atoms with Crippen molar-refractivity contribution < 1.29 is 22.4 Å². The predicted octanol–water partition coefficient (Wildman–Crippen LogP) is 5.09. The van der Waals surface area contributed by atoms with Gasteiger partial charge in [-0.25, -0.2) is 4.98 Å². The molecular weight excluding hydrogens is 407 g/mol. The number of nitrogens with zero attached hydrogens (tertiary/aromatic N) is 2. The number of nitrogens with one attached hydrogen (secondary N) is 1. The Morgan fingerprint density at radius 3 is 2.71 bits per heavy atom. The Balaban J connectivity index is 1.71. The van der Waals surface area contributed by atoms with Gasteiger partial charge in [0.25, 0.3) is 0 Å². The first kappa shape index (κ1) is 20.7. The lowest BCUT2D eigenvalue weighted by molar-refractivity contribution is -0.137. The van der Waals surface area contributed by atoms with Crippen molar-refractivity contribution in [3.8, 4) is 0 Å². The third kappa shape index (κ3) is 4.47. The molecule has 4 rings (SSSR count). The number of hydrogen-bond acceptors (Lipinski definition) is 3. The lowest BCUT2D eigenvalue weighted by Gasteiger charge is -2.19. The van der Waals surface area contributed by atoms with Crippen LogP contribution in [0.4, 0.5) is 13.2 Å². The van der Waals surface area contributed by atoms with Gasteiger partial charge >= 0.3 is 6.18 Å². The zero-order valence-electron chi connectivity index (χ0n) is 16.7. The third-order valence-electron chi connectivity index (χ3n) is 5.15. The molecule has 0 spiro atoms. The van der Waals surface area contributed by atoms with Crippen molar-refractivity contribution in [3.63, 3.8) is 0 Å². The fraction of sp³-hybridized carbons (Fsp3) is 0.217. The average molecular weight is 427 g/mol. The number of halogens is 3. The number of fused-ring (bicyclic) bond motifs is 1. The summed E-state index contributed by atoms with van der Waals surface area (Å²) >= 11 is 0. The lowest BCUT2D eigenvalue weighted by Crippen LogP contribution is -2.25. The molecule has 0 saturated heterocycles. The largest absolute Gasteiger partial charge is 0.467 e. The number of hydrogen-bond donors (Lipinski definition) is 1. The molecule has 0 aliphatic heterocycles. The summed E-state index contributed by atoms with van der Waals surface area (Å²) in [5.41, 5.74) is 1.84. The van der Waals surface area contributed by atoms with E-state index in [4.69, 9.17) is 4.42 Å². The van der Waals surface area contributed by atoms with E-state index in [1.165, 1.54) is 12.3 Å². The average Bonchev–Trinajstić information content (AvgIpc) is 3.40. The predicted molar refractivity (Wildman–Crippen MR) is 108 cm³/mol. The number of carbonyl (C=O) groups excluding carboxylic acids is 1. The van der Waals surface area contributed by atoms with Gasteiger partial charge in [-0.2, -0.15) is 13.2 Å². The quantitative estimate of drug-likeness (QED) is 0.466. The van der Waals surface area contributed by atoms with Gasteiger partial charge in [0.05, 0.1) is 24.1 Å². The molecule has 31 heavy (non-hydrogen) atoms. The van der Waals surface area contributed by atoms with Gasteiger partial charge in [0.15, 0.2) is 0 Å². The minimum atomic E-state index is -4.47. The summed E-state index contributed by atoms with van der Waals surface area (Å²) in [6, 6.07) is 14.1. The molecule has 3 aromatic heterocycles. The molecular formula is C23H20F3N3O2. The molecule has 1 unspecified atom stereocenters. The number of aryl methyl sites for hydroxylation is 1. The van der Waals surface area contributed by atoms with Crippen molar-refractivity contribution in [1.82, 2.24) is 14.7 Å².